The molecule has 0 aliphatic carbocycles. The molecular formula is C15H25ClN2OS. The van der Waals surface area contributed by atoms with E-state index in [1.807, 2.05) is 12.1 Å². The predicted molar refractivity (Wildman–Crippen MR) is 89.7 cm³/mol. The van der Waals surface area contributed by atoms with E-state index in [1.54, 1.807) is 11.8 Å². The van der Waals surface area contributed by atoms with Crippen LogP contribution in [0.5, 0.6) is 0 Å². The summed E-state index contributed by atoms with van der Waals surface area (Å²) in [6.07, 6.45) is 1.72. The van der Waals surface area contributed by atoms with Crippen LogP contribution in [0.1, 0.15) is 32.3 Å². The zero-order valence-corrected chi connectivity index (χ0v) is 14.1. The van der Waals surface area contributed by atoms with Gasteiger partial charge >= 0.3 is 0 Å². The van der Waals surface area contributed by atoms with Crippen molar-refractivity contribution in [3.8, 4) is 0 Å². The Hall–Kier alpha value is -0.710. The summed E-state index contributed by atoms with van der Waals surface area (Å²) < 4.78 is 0. The van der Waals surface area contributed by atoms with Crippen molar-refractivity contribution in [1.82, 2.24) is 5.32 Å². The first-order chi connectivity index (χ1) is 9.05. The minimum atomic E-state index is -0.245. The first-order valence-corrected chi connectivity index (χ1v) is 7.74. The highest BCUT2D eigenvalue weighted by atomic mass is 35.5. The summed E-state index contributed by atoms with van der Waals surface area (Å²) in [6.45, 7) is 6.66. The number of nitrogens with one attached hydrogen (secondary N) is 1. The Morgan fingerprint density at radius 2 is 1.80 bits per heavy atom. The van der Waals surface area contributed by atoms with Crippen molar-refractivity contribution in [2.24, 2.45) is 5.73 Å². The summed E-state index contributed by atoms with van der Waals surface area (Å²) in [4.78, 5) is 13.1. The third kappa shape index (κ3) is 5.73. The van der Waals surface area contributed by atoms with Crippen molar-refractivity contribution in [2.75, 3.05) is 12.3 Å². The molecule has 0 aromatic heterocycles. The van der Waals surface area contributed by atoms with E-state index in [0.29, 0.717) is 12.3 Å². The Morgan fingerprint density at radius 3 is 2.25 bits per heavy atom. The highest BCUT2D eigenvalue weighted by Crippen LogP contribution is 2.19. The average Bonchev–Trinajstić information content (AvgIpc) is 2.44. The van der Waals surface area contributed by atoms with E-state index in [0.717, 1.165) is 17.7 Å². The van der Waals surface area contributed by atoms with Gasteiger partial charge in [-0.3, -0.25) is 4.79 Å². The van der Waals surface area contributed by atoms with Crippen molar-refractivity contribution in [2.45, 2.75) is 44.0 Å². The lowest BCUT2D eigenvalue weighted by Crippen LogP contribution is -2.53. The molecule has 0 saturated heterocycles. The minimum Gasteiger partial charge on any atom is -0.349 e. The van der Waals surface area contributed by atoms with E-state index in [9.17, 15) is 4.79 Å². The van der Waals surface area contributed by atoms with E-state index in [1.165, 1.54) is 5.56 Å². The fraction of sp³-hybridized carbons (Fsp3) is 0.533. The Labute approximate surface area is 132 Å². The molecule has 0 atom stereocenters. The molecule has 0 radical (unpaired) electrons. The van der Waals surface area contributed by atoms with Crippen LogP contribution in [-0.2, 0) is 4.79 Å². The molecule has 0 aliphatic heterocycles. The molecule has 0 saturated carbocycles. The Bertz CT molecular complexity index is 397. The Balaban J connectivity index is 0.00000361. The number of benzene rings is 1. The van der Waals surface area contributed by atoms with Crippen molar-refractivity contribution in [3.63, 3.8) is 0 Å². The van der Waals surface area contributed by atoms with E-state index in [-0.39, 0.29) is 23.9 Å². The van der Waals surface area contributed by atoms with Gasteiger partial charge in [0.15, 0.2) is 0 Å². The SMILES string of the molecule is CCC(CC)(CN)NC(=O)CSc1ccc(C)cc1.Cl. The van der Waals surface area contributed by atoms with Gasteiger partial charge in [-0.15, -0.1) is 24.2 Å². The second-order valence-electron chi connectivity index (χ2n) is 4.84. The summed E-state index contributed by atoms with van der Waals surface area (Å²) in [7, 11) is 0. The number of halogens is 1. The number of rotatable bonds is 7. The zero-order valence-electron chi connectivity index (χ0n) is 12.4. The molecule has 1 aromatic carbocycles. The van der Waals surface area contributed by atoms with Gasteiger partial charge in [0.05, 0.1) is 11.3 Å². The van der Waals surface area contributed by atoms with Crippen LogP contribution in [0, 0.1) is 6.92 Å². The van der Waals surface area contributed by atoms with Gasteiger partial charge in [0.2, 0.25) is 5.91 Å². The van der Waals surface area contributed by atoms with E-state index >= 15 is 0 Å². The average molecular weight is 317 g/mol. The second kappa shape index (κ2) is 9.27. The van der Waals surface area contributed by atoms with Gasteiger partial charge in [-0.1, -0.05) is 31.5 Å². The standard InChI is InChI=1S/C15H24N2OS.ClH/c1-4-15(5-2,11-16)17-14(18)10-19-13-8-6-12(3)7-9-13;/h6-9H,4-5,10-11,16H2,1-3H3,(H,17,18);1H. The molecule has 5 heteroatoms. The maximum absolute atomic E-state index is 12.0. The fourth-order valence-electron chi connectivity index (χ4n) is 1.88. The number of hydrogen-bond acceptors (Lipinski definition) is 3. The lowest BCUT2D eigenvalue weighted by atomic mass is 9.93. The van der Waals surface area contributed by atoms with Crippen LogP contribution in [0.3, 0.4) is 0 Å². The quantitative estimate of drug-likeness (QED) is 0.760. The molecule has 0 bridgehead atoms. The van der Waals surface area contributed by atoms with Gasteiger partial charge in [0.25, 0.3) is 0 Å². The molecule has 1 rings (SSSR count). The molecule has 0 fully saturated rings. The van der Waals surface area contributed by atoms with Crippen molar-refractivity contribution in [1.29, 1.82) is 0 Å². The highest BCUT2D eigenvalue weighted by molar-refractivity contribution is 8.00. The van der Waals surface area contributed by atoms with Crippen molar-refractivity contribution >= 4 is 30.1 Å². The summed E-state index contributed by atoms with van der Waals surface area (Å²) >= 11 is 1.56. The predicted octanol–water partition coefficient (Wildman–Crippen LogP) is 3.14. The number of carbonyl (C=O) groups is 1. The van der Waals surface area contributed by atoms with Gasteiger partial charge in [0.1, 0.15) is 0 Å². The summed E-state index contributed by atoms with van der Waals surface area (Å²) in [5.74, 6) is 0.491. The molecule has 0 heterocycles. The summed E-state index contributed by atoms with van der Waals surface area (Å²) in [5.41, 5.74) is 6.76. The van der Waals surface area contributed by atoms with Crippen LogP contribution >= 0.6 is 24.2 Å². The van der Waals surface area contributed by atoms with Gasteiger partial charge in [0, 0.05) is 11.4 Å². The Morgan fingerprint density at radius 1 is 1.25 bits per heavy atom. The molecule has 0 aliphatic rings. The normalized spacial score (nSPS) is 10.8. The first-order valence-electron chi connectivity index (χ1n) is 6.75. The number of aryl methyl sites for hydroxylation is 1. The van der Waals surface area contributed by atoms with E-state index < -0.39 is 0 Å². The number of thioether (sulfide) groups is 1. The molecule has 114 valence electrons. The van der Waals surface area contributed by atoms with Crippen LogP contribution in [0.2, 0.25) is 0 Å². The molecule has 3 N–H and O–H groups in total. The molecule has 0 unspecified atom stereocenters. The van der Waals surface area contributed by atoms with E-state index in [2.05, 4.69) is 38.2 Å². The van der Waals surface area contributed by atoms with Gasteiger partial charge in [-0.2, -0.15) is 0 Å². The summed E-state index contributed by atoms with van der Waals surface area (Å²) in [6, 6.07) is 8.21. The highest BCUT2D eigenvalue weighted by Gasteiger charge is 2.25. The smallest absolute Gasteiger partial charge is 0.230 e. The number of amides is 1. The largest absolute Gasteiger partial charge is 0.349 e. The minimum absolute atomic E-state index is 0. The molecule has 1 aromatic rings. The van der Waals surface area contributed by atoms with Crippen molar-refractivity contribution < 1.29 is 4.79 Å². The number of carbonyl (C=O) groups excluding carboxylic acids is 1. The monoisotopic (exact) mass is 316 g/mol. The van der Waals surface area contributed by atoms with E-state index in [4.69, 9.17) is 5.73 Å². The van der Waals surface area contributed by atoms with Gasteiger partial charge in [-0.05, 0) is 31.9 Å². The molecular weight excluding hydrogens is 292 g/mol. The fourth-order valence-corrected chi connectivity index (χ4v) is 2.58. The lowest BCUT2D eigenvalue weighted by molar-refractivity contribution is -0.120. The van der Waals surface area contributed by atoms with Crippen molar-refractivity contribution in [3.05, 3.63) is 29.8 Å². The maximum atomic E-state index is 12.0. The van der Waals surface area contributed by atoms with Gasteiger partial charge < -0.3 is 11.1 Å². The maximum Gasteiger partial charge on any atom is 0.230 e. The molecule has 0 spiro atoms. The lowest BCUT2D eigenvalue weighted by Gasteiger charge is -2.31. The van der Waals surface area contributed by atoms with Gasteiger partial charge in [-0.25, -0.2) is 0 Å². The molecule has 1 amide bonds. The first kappa shape index (κ1) is 19.3. The zero-order chi connectivity index (χ0) is 14.3. The Kier molecular flexibility index (Phi) is 8.94. The number of hydrogen-bond donors (Lipinski definition) is 2. The third-order valence-corrected chi connectivity index (χ3v) is 4.55. The van der Waals surface area contributed by atoms with Crippen LogP contribution < -0.4 is 11.1 Å². The topological polar surface area (TPSA) is 55.1 Å². The summed E-state index contributed by atoms with van der Waals surface area (Å²) in [5, 5.41) is 3.08. The molecule has 20 heavy (non-hydrogen) atoms. The second-order valence-corrected chi connectivity index (χ2v) is 5.89. The number of nitrogens with two attached hydrogens (primary N) is 1. The molecule has 3 nitrogen and oxygen atoms in total. The van der Waals surface area contributed by atoms with Crippen LogP contribution in [-0.4, -0.2) is 23.7 Å². The van der Waals surface area contributed by atoms with Crippen LogP contribution in [0.25, 0.3) is 0 Å². The third-order valence-electron chi connectivity index (χ3n) is 3.54. The van der Waals surface area contributed by atoms with Crippen LogP contribution in [0.15, 0.2) is 29.2 Å². The van der Waals surface area contributed by atoms with Crippen LogP contribution in [0.4, 0.5) is 0 Å².